The molecular formula is C14H17NO. The summed E-state index contributed by atoms with van der Waals surface area (Å²) in [6.07, 6.45) is 6.29. The lowest BCUT2D eigenvalue weighted by molar-refractivity contribution is 0.102. The lowest BCUT2D eigenvalue weighted by Gasteiger charge is -2.13. The van der Waals surface area contributed by atoms with Crippen molar-refractivity contribution in [3.05, 3.63) is 41.0 Å². The number of nitrogen functional groups attached to an aromatic ring is 1. The molecule has 2 rings (SSSR count). The zero-order chi connectivity index (χ0) is 11.5. The Morgan fingerprint density at radius 2 is 2.12 bits per heavy atom. The minimum absolute atomic E-state index is 0.112. The number of aryl methyl sites for hydroxylation is 1. The molecule has 0 atom stereocenters. The first-order valence-electron chi connectivity index (χ1n) is 5.78. The molecule has 1 aromatic rings. The maximum absolute atomic E-state index is 12.2. The number of benzene rings is 1. The van der Waals surface area contributed by atoms with E-state index >= 15 is 0 Å². The zero-order valence-electron chi connectivity index (χ0n) is 9.62. The smallest absolute Gasteiger partial charge is 0.190 e. The van der Waals surface area contributed by atoms with Gasteiger partial charge in [0, 0.05) is 11.3 Å². The van der Waals surface area contributed by atoms with Crippen LogP contribution in [-0.2, 0) is 0 Å². The van der Waals surface area contributed by atoms with Gasteiger partial charge in [-0.2, -0.15) is 0 Å². The fourth-order valence-electron chi connectivity index (χ4n) is 2.08. The summed E-state index contributed by atoms with van der Waals surface area (Å²) in [5.74, 6) is 0.112. The Morgan fingerprint density at radius 1 is 1.31 bits per heavy atom. The van der Waals surface area contributed by atoms with Gasteiger partial charge in [0.2, 0.25) is 0 Å². The van der Waals surface area contributed by atoms with Gasteiger partial charge in [-0.3, -0.25) is 4.79 Å². The maximum Gasteiger partial charge on any atom is 0.190 e. The normalized spacial score (nSPS) is 15.7. The van der Waals surface area contributed by atoms with E-state index in [4.69, 9.17) is 5.73 Å². The quantitative estimate of drug-likeness (QED) is 0.607. The summed E-state index contributed by atoms with van der Waals surface area (Å²) in [7, 11) is 0. The van der Waals surface area contributed by atoms with Crippen LogP contribution >= 0.6 is 0 Å². The van der Waals surface area contributed by atoms with E-state index in [0.717, 1.165) is 30.4 Å². The van der Waals surface area contributed by atoms with E-state index < -0.39 is 0 Å². The second kappa shape index (κ2) is 4.52. The second-order valence-electron chi connectivity index (χ2n) is 4.39. The van der Waals surface area contributed by atoms with E-state index in [9.17, 15) is 4.79 Å². The first-order chi connectivity index (χ1) is 7.68. The van der Waals surface area contributed by atoms with Crippen molar-refractivity contribution in [1.82, 2.24) is 0 Å². The molecule has 0 saturated carbocycles. The maximum atomic E-state index is 12.2. The number of carbonyl (C=O) groups excluding carboxylic acids is 1. The van der Waals surface area contributed by atoms with Gasteiger partial charge in [-0.25, -0.2) is 0 Å². The van der Waals surface area contributed by atoms with E-state index in [0.29, 0.717) is 11.3 Å². The summed E-state index contributed by atoms with van der Waals surface area (Å²) in [5.41, 5.74) is 9.11. The van der Waals surface area contributed by atoms with Crippen LogP contribution in [0.25, 0.3) is 0 Å². The van der Waals surface area contributed by atoms with Crippen molar-refractivity contribution < 1.29 is 4.79 Å². The predicted octanol–water partition coefficient (Wildman–Crippen LogP) is 3.26. The summed E-state index contributed by atoms with van der Waals surface area (Å²) in [6.45, 7) is 1.98. The van der Waals surface area contributed by atoms with Crippen molar-refractivity contribution in [1.29, 1.82) is 0 Å². The summed E-state index contributed by atoms with van der Waals surface area (Å²) < 4.78 is 0. The highest BCUT2D eigenvalue weighted by molar-refractivity contribution is 6.11. The fourth-order valence-corrected chi connectivity index (χ4v) is 2.08. The van der Waals surface area contributed by atoms with Crippen LogP contribution in [-0.4, -0.2) is 5.78 Å². The van der Waals surface area contributed by atoms with Crippen molar-refractivity contribution in [2.45, 2.75) is 32.6 Å². The fraction of sp³-hybridized carbons (Fsp3) is 0.357. The number of nitrogens with two attached hydrogens (primary N) is 1. The number of hydrogen-bond donors (Lipinski definition) is 1. The Morgan fingerprint density at radius 3 is 2.81 bits per heavy atom. The molecule has 0 saturated heterocycles. The number of allylic oxidation sites excluding steroid dienone is 2. The zero-order valence-corrected chi connectivity index (χ0v) is 9.62. The van der Waals surface area contributed by atoms with Gasteiger partial charge in [-0.15, -0.1) is 0 Å². The van der Waals surface area contributed by atoms with Crippen LogP contribution in [0.3, 0.4) is 0 Å². The number of anilines is 1. The molecule has 0 unspecified atom stereocenters. The van der Waals surface area contributed by atoms with Crippen LogP contribution in [0.1, 0.15) is 41.6 Å². The molecule has 0 aromatic heterocycles. The minimum Gasteiger partial charge on any atom is -0.398 e. The Balaban J connectivity index is 2.33. The highest BCUT2D eigenvalue weighted by atomic mass is 16.1. The monoisotopic (exact) mass is 215 g/mol. The molecule has 0 radical (unpaired) electrons. The van der Waals surface area contributed by atoms with Gasteiger partial charge in [-0.1, -0.05) is 17.7 Å². The van der Waals surface area contributed by atoms with Crippen LogP contribution in [0, 0.1) is 6.92 Å². The summed E-state index contributed by atoms with van der Waals surface area (Å²) >= 11 is 0. The van der Waals surface area contributed by atoms with Crippen molar-refractivity contribution in [2.75, 3.05) is 5.73 Å². The van der Waals surface area contributed by atoms with Crippen LogP contribution in [0.5, 0.6) is 0 Å². The molecule has 0 bridgehead atoms. The van der Waals surface area contributed by atoms with Gasteiger partial charge in [-0.05, 0) is 50.3 Å². The molecule has 84 valence electrons. The number of Topliss-reactive ketones (excluding diaryl/α,β-unsaturated/α-hetero) is 1. The van der Waals surface area contributed by atoms with Crippen molar-refractivity contribution in [3.63, 3.8) is 0 Å². The molecule has 1 aromatic carbocycles. The highest BCUT2D eigenvalue weighted by Gasteiger charge is 2.16. The van der Waals surface area contributed by atoms with E-state index in [2.05, 4.69) is 6.08 Å². The molecule has 0 amide bonds. The molecule has 1 aliphatic carbocycles. The average molecular weight is 215 g/mol. The SMILES string of the molecule is Cc1ccc(N)c(C(=O)C2=CCCCC2)c1. The third kappa shape index (κ3) is 2.16. The first-order valence-corrected chi connectivity index (χ1v) is 5.78. The number of ketones is 1. The van der Waals surface area contributed by atoms with Crippen molar-refractivity contribution in [3.8, 4) is 0 Å². The Labute approximate surface area is 96.2 Å². The van der Waals surface area contributed by atoms with Crippen molar-refractivity contribution in [2.24, 2.45) is 0 Å². The highest BCUT2D eigenvalue weighted by Crippen LogP contribution is 2.24. The third-order valence-electron chi connectivity index (χ3n) is 3.04. The largest absolute Gasteiger partial charge is 0.398 e. The lowest BCUT2D eigenvalue weighted by atomic mass is 9.92. The molecule has 2 nitrogen and oxygen atoms in total. The average Bonchev–Trinajstić information content (AvgIpc) is 2.32. The van der Waals surface area contributed by atoms with Crippen LogP contribution in [0.4, 0.5) is 5.69 Å². The van der Waals surface area contributed by atoms with E-state index in [-0.39, 0.29) is 5.78 Å². The topological polar surface area (TPSA) is 43.1 Å². The molecule has 16 heavy (non-hydrogen) atoms. The molecule has 0 aliphatic heterocycles. The number of hydrogen-bond acceptors (Lipinski definition) is 2. The van der Waals surface area contributed by atoms with Gasteiger partial charge in [0.05, 0.1) is 0 Å². The van der Waals surface area contributed by atoms with Gasteiger partial charge in [0.15, 0.2) is 5.78 Å². The molecule has 1 aliphatic rings. The number of rotatable bonds is 2. The molecule has 0 fully saturated rings. The molecule has 0 spiro atoms. The molecule has 2 heteroatoms. The van der Waals surface area contributed by atoms with Crippen molar-refractivity contribution >= 4 is 11.5 Å². The summed E-state index contributed by atoms with van der Waals surface area (Å²) in [6, 6.07) is 5.63. The van der Waals surface area contributed by atoms with Gasteiger partial charge in [0.25, 0.3) is 0 Å². The standard InChI is InChI=1S/C14H17NO/c1-10-7-8-13(15)12(9-10)14(16)11-5-3-2-4-6-11/h5,7-9H,2-4,6,15H2,1H3. The van der Waals surface area contributed by atoms with Crippen LogP contribution in [0.2, 0.25) is 0 Å². The van der Waals surface area contributed by atoms with E-state index in [1.165, 1.54) is 6.42 Å². The molecule has 2 N–H and O–H groups in total. The van der Waals surface area contributed by atoms with Crippen LogP contribution in [0.15, 0.2) is 29.8 Å². The van der Waals surface area contributed by atoms with E-state index in [1.54, 1.807) is 0 Å². The number of carbonyl (C=O) groups is 1. The van der Waals surface area contributed by atoms with Gasteiger partial charge >= 0.3 is 0 Å². The van der Waals surface area contributed by atoms with Gasteiger partial charge in [0.1, 0.15) is 0 Å². The van der Waals surface area contributed by atoms with Gasteiger partial charge < -0.3 is 5.73 Å². The lowest BCUT2D eigenvalue weighted by Crippen LogP contribution is -2.09. The third-order valence-corrected chi connectivity index (χ3v) is 3.04. The predicted molar refractivity (Wildman–Crippen MR) is 66.5 cm³/mol. The second-order valence-corrected chi connectivity index (χ2v) is 4.39. The summed E-state index contributed by atoms with van der Waals surface area (Å²) in [5, 5.41) is 0. The minimum atomic E-state index is 0.112. The van der Waals surface area contributed by atoms with E-state index in [1.807, 2.05) is 25.1 Å². The summed E-state index contributed by atoms with van der Waals surface area (Å²) in [4.78, 5) is 12.2. The Bertz CT molecular complexity index is 446. The van der Waals surface area contributed by atoms with Crippen LogP contribution < -0.4 is 5.73 Å². The Kier molecular flexibility index (Phi) is 3.09. The molecule has 0 heterocycles. The Hall–Kier alpha value is -1.57. The molecular weight excluding hydrogens is 198 g/mol. The first kappa shape index (κ1) is 10.9.